The second-order valence-electron chi connectivity index (χ2n) is 3.80. The van der Waals surface area contributed by atoms with Gasteiger partial charge in [-0.05, 0) is 24.6 Å². The number of nitrogens with one attached hydrogen (secondary N) is 1. The molecule has 0 heterocycles. The molecule has 1 aromatic rings. The van der Waals surface area contributed by atoms with Crippen LogP contribution in [0, 0.1) is 0 Å². The van der Waals surface area contributed by atoms with Gasteiger partial charge in [-0.2, -0.15) is 0 Å². The van der Waals surface area contributed by atoms with E-state index in [1.54, 1.807) is 20.1 Å². The summed E-state index contributed by atoms with van der Waals surface area (Å²) < 4.78 is 5.08. The predicted octanol–water partition coefficient (Wildman–Crippen LogP) is 0.699. The van der Waals surface area contributed by atoms with Crippen molar-refractivity contribution in [1.29, 1.82) is 0 Å². The lowest BCUT2D eigenvalue weighted by atomic mass is 10.1. The summed E-state index contributed by atoms with van der Waals surface area (Å²) in [7, 11) is 1.59. The summed E-state index contributed by atoms with van der Waals surface area (Å²) in [4.78, 5) is 0. The van der Waals surface area contributed by atoms with Crippen LogP contribution in [0.4, 0.5) is 0 Å². The second-order valence-corrected chi connectivity index (χ2v) is 3.80. The van der Waals surface area contributed by atoms with E-state index >= 15 is 0 Å². The molecular weight excluding hydrogens is 206 g/mol. The predicted molar refractivity (Wildman–Crippen MR) is 62.5 cm³/mol. The number of methoxy groups -OCH3 is 1. The van der Waals surface area contributed by atoms with E-state index in [4.69, 9.17) is 9.84 Å². The number of rotatable bonds is 6. The highest BCUT2D eigenvalue weighted by Crippen LogP contribution is 2.18. The highest BCUT2D eigenvalue weighted by molar-refractivity contribution is 5.29. The third-order valence-corrected chi connectivity index (χ3v) is 2.26. The molecule has 1 aromatic carbocycles. The molecule has 0 bridgehead atoms. The molecule has 3 N–H and O–H groups in total. The lowest BCUT2D eigenvalue weighted by molar-refractivity contribution is 0.154. The SMILES string of the molecule is COc1cccc(C(O)CNCC(C)O)c1. The number of benzene rings is 1. The Morgan fingerprint density at radius 2 is 2.06 bits per heavy atom. The van der Waals surface area contributed by atoms with Crippen molar-refractivity contribution in [3.8, 4) is 5.75 Å². The largest absolute Gasteiger partial charge is 0.497 e. The van der Waals surface area contributed by atoms with Crippen molar-refractivity contribution in [2.75, 3.05) is 20.2 Å². The fraction of sp³-hybridized carbons (Fsp3) is 0.500. The minimum absolute atomic E-state index is 0.405. The van der Waals surface area contributed by atoms with Gasteiger partial charge in [-0.1, -0.05) is 12.1 Å². The fourth-order valence-electron chi connectivity index (χ4n) is 1.40. The third kappa shape index (κ3) is 4.18. The van der Waals surface area contributed by atoms with Crippen LogP contribution in [0.1, 0.15) is 18.6 Å². The van der Waals surface area contributed by atoms with Crippen molar-refractivity contribution in [3.63, 3.8) is 0 Å². The van der Waals surface area contributed by atoms with Gasteiger partial charge >= 0.3 is 0 Å². The summed E-state index contributed by atoms with van der Waals surface area (Å²) in [6, 6.07) is 7.32. The Labute approximate surface area is 95.9 Å². The molecule has 0 fully saturated rings. The first-order valence-corrected chi connectivity index (χ1v) is 5.34. The molecule has 4 nitrogen and oxygen atoms in total. The molecule has 0 aliphatic carbocycles. The number of aliphatic hydroxyl groups is 2. The molecule has 0 saturated heterocycles. The van der Waals surface area contributed by atoms with Gasteiger partial charge in [0.2, 0.25) is 0 Å². The summed E-state index contributed by atoms with van der Waals surface area (Å²) in [5, 5.41) is 21.9. The Bertz CT molecular complexity index is 315. The maximum absolute atomic E-state index is 9.85. The van der Waals surface area contributed by atoms with Gasteiger partial charge in [0.05, 0.1) is 19.3 Å². The van der Waals surface area contributed by atoms with E-state index in [9.17, 15) is 5.11 Å². The van der Waals surface area contributed by atoms with E-state index in [0.717, 1.165) is 11.3 Å². The number of aliphatic hydroxyl groups excluding tert-OH is 2. The molecule has 0 aromatic heterocycles. The van der Waals surface area contributed by atoms with E-state index in [1.807, 2.05) is 18.2 Å². The van der Waals surface area contributed by atoms with E-state index in [1.165, 1.54) is 0 Å². The summed E-state index contributed by atoms with van der Waals surface area (Å²) in [5.74, 6) is 0.729. The Kier molecular flexibility index (Phi) is 5.25. The second kappa shape index (κ2) is 6.48. The first kappa shape index (κ1) is 13.0. The normalized spacial score (nSPS) is 14.5. The van der Waals surface area contributed by atoms with E-state index in [-0.39, 0.29) is 0 Å². The number of hydrogen-bond donors (Lipinski definition) is 3. The van der Waals surface area contributed by atoms with Crippen LogP contribution in [0.2, 0.25) is 0 Å². The lowest BCUT2D eigenvalue weighted by Crippen LogP contribution is -2.28. The van der Waals surface area contributed by atoms with Crippen LogP contribution in [-0.2, 0) is 0 Å². The smallest absolute Gasteiger partial charge is 0.119 e. The summed E-state index contributed by atoms with van der Waals surface area (Å²) in [6.07, 6.45) is -0.994. The van der Waals surface area contributed by atoms with Crippen LogP contribution in [0.3, 0.4) is 0 Å². The van der Waals surface area contributed by atoms with Gasteiger partial charge in [0, 0.05) is 13.1 Å². The molecular formula is C12H19NO3. The lowest BCUT2D eigenvalue weighted by Gasteiger charge is -2.13. The summed E-state index contributed by atoms with van der Waals surface area (Å²) in [5.41, 5.74) is 0.803. The molecule has 16 heavy (non-hydrogen) atoms. The van der Waals surface area contributed by atoms with Crippen molar-refractivity contribution in [2.24, 2.45) is 0 Å². The zero-order valence-electron chi connectivity index (χ0n) is 9.68. The van der Waals surface area contributed by atoms with E-state index < -0.39 is 12.2 Å². The van der Waals surface area contributed by atoms with Crippen molar-refractivity contribution < 1.29 is 14.9 Å². The molecule has 2 unspecified atom stereocenters. The van der Waals surface area contributed by atoms with Crippen LogP contribution < -0.4 is 10.1 Å². The zero-order valence-corrected chi connectivity index (χ0v) is 9.68. The highest BCUT2D eigenvalue weighted by Gasteiger charge is 2.08. The van der Waals surface area contributed by atoms with Gasteiger partial charge < -0.3 is 20.3 Å². The Balaban J connectivity index is 2.48. The van der Waals surface area contributed by atoms with E-state index in [2.05, 4.69) is 5.32 Å². The molecule has 0 radical (unpaired) electrons. The first-order valence-electron chi connectivity index (χ1n) is 5.34. The Morgan fingerprint density at radius 1 is 1.31 bits per heavy atom. The van der Waals surface area contributed by atoms with Gasteiger partial charge in [-0.3, -0.25) is 0 Å². The van der Waals surface area contributed by atoms with Crippen molar-refractivity contribution in [3.05, 3.63) is 29.8 Å². The molecule has 0 spiro atoms. The average molecular weight is 225 g/mol. The quantitative estimate of drug-likeness (QED) is 0.667. The minimum Gasteiger partial charge on any atom is -0.497 e. The van der Waals surface area contributed by atoms with Gasteiger partial charge in [0.15, 0.2) is 0 Å². The van der Waals surface area contributed by atoms with Crippen molar-refractivity contribution in [1.82, 2.24) is 5.32 Å². The number of ether oxygens (including phenoxy) is 1. The maximum atomic E-state index is 9.85. The standard InChI is InChI=1S/C12H19NO3/c1-9(14)7-13-8-12(15)10-4-3-5-11(6-10)16-2/h3-6,9,12-15H,7-8H2,1-2H3. The van der Waals surface area contributed by atoms with Gasteiger partial charge in [-0.15, -0.1) is 0 Å². The average Bonchev–Trinajstić information content (AvgIpc) is 2.28. The van der Waals surface area contributed by atoms with Gasteiger partial charge in [0.1, 0.15) is 5.75 Å². The van der Waals surface area contributed by atoms with Crippen LogP contribution in [0.25, 0.3) is 0 Å². The Hall–Kier alpha value is -1.10. The topological polar surface area (TPSA) is 61.7 Å². The van der Waals surface area contributed by atoms with Crippen LogP contribution >= 0.6 is 0 Å². The first-order chi connectivity index (χ1) is 7.63. The van der Waals surface area contributed by atoms with Crippen LogP contribution in [0.15, 0.2) is 24.3 Å². The molecule has 0 aliphatic rings. The maximum Gasteiger partial charge on any atom is 0.119 e. The van der Waals surface area contributed by atoms with Crippen LogP contribution in [-0.4, -0.2) is 36.5 Å². The molecule has 0 aliphatic heterocycles. The molecule has 4 heteroatoms. The molecule has 1 rings (SSSR count). The van der Waals surface area contributed by atoms with Gasteiger partial charge in [0.25, 0.3) is 0 Å². The monoisotopic (exact) mass is 225 g/mol. The molecule has 0 saturated carbocycles. The minimum atomic E-state index is -0.589. The number of hydrogen-bond acceptors (Lipinski definition) is 4. The summed E-state index contributed by atoms with van der Waals surface area (Å²) >= 11 is 0. The van der Waals surface area contributed by atoms with Crippen LogP contribution in [0.5, 0.6) is 5.75 Å². The Morgan fingerprint density at radius 3 is 2.69 bits per heavy atom. The summed E-state index contributed by atoms with van der Waals surface area (Å²) in [6.45, 7) is 2.59. The highest BCUT2D eigenvalue weighted by atomic mass is 16.5. The molecule has 90 valence electrons. The van der Waals surface area contributed by atoms with Gasteiger partial charge in [-0.25, -0.2) is 0 Å². The fourth-order valence-corrected chi connectivity index (χ4v) is 1.40. The zero-order chi connectivity index (χ0) is 12.0. The molecule has 2 atom stereocenters. The van der Waals surface area contributed by atoms with E-state index in [0.29, 0.717) is 13.1 Å². The third-order valence-electron chi connectivity index (χ3n) is 2.26. The van der Waals surface area contributed by atoms with Crippen molar-refractivity contribution >= 4 is 0 Å². The van der Waals surface area contributed by atoms with Crippen molar-refractivity contribution in [2.45, 2.75) is 19.1 Å². The molecule has 0 amide bonds.